The number of thiazole rings is 1. The van der Waals surface area contributed by atoms with Crippen LogP contribution in [0.4, 0.5) is 15.9 Å². The molecule has 0 saturated heterocycles. The Morgan fingerprint density at radius 1 is 1.06 bits per heavy atom. The van der Waals surface area contributed by atoms with Gasteiger partial charge in [-0.15, -0.1) is 21.5 Å². The van der Waals surface area contributed by atoms with E-state index in [0.29, 0.717) is 11.6 Å². The van der Waals surface area contributed by atoms with Crippen molar-refractivity contribution < 1.29 is 4.39 Å². The molecule has 6 rings (SSSR count). The van der Waals surface area contributed by atoms with E-state index in [1.165, 1.54) is 11.6 Å². The summed E-state index contributed by atoms with van der Waals surface area (Å²) in [5, 5.41) is 12.1. The third kappa shape index (κ3) is 3.33. The SMILES string of the molecule is Cc1nc(C#Cc2cccc3c2CCCN3c2nc3nnc(C)n3c3ccc(F)cc23)cs1. The van der Waals surface area contributed by atoms with E-state index >= 15 is 0 Å². The molecule has 5 aromatic rings. The number of anilines is 2. The van der Waals surface area contributed by atoms with Crippen molar-refractivity contribution in [2.45, 2.75) is 26.7 Å². The number of benzene rings is 2. The van der Waals surface area contributed by atoms with Crippen molar-refractivity contribution in [3.8, 4) is 11.8 Å². The molecule has 0 saturated carbocycles. The standard InChI is InChI=1S/C25H19FN6S/c1-15-29-30-25-28-24(21-13-18(26)9-11-23(21)32(15)25)31-12-4-6-20-17(5-3-7-22(20)31)8-10-19-14-33-16(2)27-19/h3,5,7,9,11,13-14H,4,6,12H2,1-2H3. The highest BCUT2D eigenvalue weighted by Gasteiger charge is 2.24. The largest absolute Gasteiger partial charge is 0.325 e. The highest BCUT2D eigenvalue weighted by atomic mass is 32.1. The lowest BCUT2D eigenvalue weighted by Crippen LogP contribution is -2.26. The molecule has 0 unspecified atom stereocenters. The highest BCUT2D eigenvalue weighted by molar-refractivity contribution is 7.09. The van der Waals surface area contributed by atoms with Gasteiger partial charge in [0.15, 0.2) is 0 Å². The van der Waals surface area contributed by atoms with Gasteiger partial charge < -0.3 is 4.90 Å². The zero-order chi connectivity index (χ0) is 22.5. The molecule has 0 N–H and O–H groups in total. The third-order valence-electron chi connectivity index (χ3n) is 5.90. The first kappa shape index (κ1) is 19.8. The fraction of sp³-hybridized carbons (Fsp3) is 0.200. The van der Waals surface area contributed by atoms with Gasteiger partial charge in [0, 0.05) is 28.6 Å². The Morgan fingerprint density at radius 3 is 2.82 bits per heavy atom. The summed E-state index contributed by atoms with van der Waals surface area (Å²) in [7, 11) is 0. The van der Waals surface area contributed by atoms with E-state index in [1.54, 1.807) is 23.5 Å². The van der Waals surface area contributed by atoms with E-state index in [0.717, 1.165) is 58.1 Å². The minimum atomic E-state index is -0.300. The first-order valence-electron chi connectivity index (χ1n) is 10.7. The number of aryl methyl sites for hydroxylation is 2. The van der Waals surface area contributed by atoms with Crippen molar-refractivity contribution in [2.24, 2.45) is 0 Å². The van der Waals surface area contributed by atoms with Crippen LogP contribution in [0.15, 0.2) is 41.8 Å². The molecule has 6 nitrogen and oxygen atoms in total. The molecule has 4 heterocycles. The summed E-state index contributed by atoms with van der Waals surface area (Å²) in [5.41, 5.74) is 4.82. The molecule has 0 fully saturated rings. The molecule has 0 aliphatic carbocycles. The monoisotopic (exact) mass is 454 g/mol. The van der Waals surface area contributed by atoms with Crippen LogP contribution in [0.25, 0.3) is 16.7 Å². The lowest BCUT2D eigenvalue weighted by Gasteiger charge is -2.32. The Bertz CT molecular complexity index is 1610. The average molecular weight is 455 g/mol. The fourth-order valence-electron chi connectivity index (χ4n) is 4.46. The van der Waals surface area contributed by atoms with Crippen LogP contribution in [-0.2, 0) is 6.42 Å². The summed E-state index contributed by atoms with van der Waals surface area (Å²) in [5.74, 6) is 8.12. The van der Waals surface area contributed by atoms with Crippen LogP contribution in [0.2, 0.25) is 0 Å². The second-order valence-corrected chi connectivity index (χ2v) is 9.10. The van der Waals surface area contributed by atoms with E-state index in [4.69, 9.17) is 4.98 Å². The van der Waals surface area contributed by atoms with E-state index in [-0.39, 0.29) is 5.82 Å². The fourth-order valence-corrected chi connectivity index (χ4v) is 5.01. The number of halogens is 1. The maximum Gasteiger partial charge on any atom is 0.257 e. The summed E-state index contributed by atoms with van der Waals surface area (Å²) >= 11 is 1.60. The quantitative estimate of drug-likeness (QED) is 0.335. The molecule has 33 heavy (non-hydrogen) atoms. The molecular formula is C25H19FN6S. The van der Waals surface area contributed by atoms with Gasteiger partial charge in [-0.25, -0.2) is 9.37 Å². The third-order valence-corrected chi connectivity index (χ3v) is 6.68. The molecule has 0 bridgehead atoms. The Hall–Kier alpha value is -3.83. The molecule has 1 aliphatic heterocycles. The molecule has 2 aromatic carbocycles. The van der Waals surface area contributed by atoms with Crippen LogP contribution in [0, 0.1) is 31.5 Å². The second kappa shape index (κ2) is 7.64. The molecule has 0 radical (unpaired) electrons. The van der Waals surface area contributed by atoms with Crippen LogP contribution >= 0.6 is 11.3 Å². The van der Waals surface area contributed by atoms with E-state index in [9.17, 15) is 4.39 Å². The number of hydrogen-bond donors (Lipinski definition) is 0. The molecule has 0 atom stereocenters. The lowest BCUT2D eigenvalue weighted by molar-refractivity contribution is 0.629. The summed E-state index contributed by atoms with van der Waals surface area (Å²) < 4.78 is 16.2. The molecule has 0 spiro atoms. The summed E-state index contributed by atoms with van der Waals surface area (Å²) in [4.78, 5) is 11.4. The van der Waals surface area contributed by atoms with Crippen molar-refractivity contribution in [3.05, 3.63) is 75.2 Å². The first-order chi connectivity index (χ1) is 16.1. The van der Waals surface area contributed by atoms with Crippen LogP contribution in [0.1, 0.15) is 34.1 Å². The Labute approximate surface area is 193 Å². The number of nitrogens with zero attached hydrogens (tertiary/aromatic N) is 6. The van der Waals surface area contributed by atoms with Gasteiger partial charge in [-0.1, -0.05) is 12.0 Å². The lowest BCUT2D eigenvalue weighted by atomic mass is 9.96. The van der Waals surface area contributed by atoms with E-state index in [2.05, 4.69) is 38.0 Å². The van der Waals surface area contributed by atoms with Gasteiger partial charge in [-0.2, -0.15) is 4.98 Å². The number of fused-ring (bicyclic) bond motifs is 4. The molecule has 0 amide bonds. The maximum absolute atomic E-state index is 14.3. The second-order valence-electron chi connectivity index (χ2n) is 8.04. The number of aromatic nitrogens is 5. The molecule has 162 valence electrons. The minimum Gasteiger partial charge on any atom is -0.325 e. The van der Waals surface area contributed by atoms with Crippen molar-refractivity contribution in [1.29, 1.82) is 0 Å². The van der Waals surface area contributed by atoms with Crippen LogP contribution in [0.5, 0.6) is 0 Å². The smallest absolute Gasteiger partial charge is 0.257 e. The van der Waals surface area contributed by atoms with Gasteiger partial charge in [0.05, 0.1) is 10.5 Å². The van der Waals surface area contributed by atoms with Crippen molar-refractivity contribution in [2.75, 3.05) is 11.4 Å². The zero-order valence-corrected chi connectivity index (χ0v) is 18.9. The van der Waals surface area contributed by atoms with Gasteiger partial charge in [0.1, 0.15) is 23.2 Å². The Balaban J connectivity index is 1.53. The van der Waals surface area contributed by atoms with Gasteiger partial charge >= 0.3 is 0 Å². The summed E-state index contributed by atoms with van der Waals surface area (Å²) in [6.45, 7) is 4.62. The zero-order valence-electron chi connectivity index (χ0n) is 18.1. The minimum absolute atomic E-state index is 0.300. The molecule has 8 heteroatoms. The van der Waals surface area contributed by atoms with E-state index < -0.39 is 0 Å². The summed E-state index contributed by atoms with van der Waals surface area (Å²) in [6.07, 6.45) is 1.86. The molecule has 1 aliphatic rings. The van der Waals surface area contributed by atoms with E-state index in [1.807, 2.05) is 35.8 Å². The number of rotatable bonds is 1. The maximum atomic E-state index is 14.3. The predicted octanol–water partition coefficient (Wildman–Crippen LogP) is 4.97. The van der Waals surface area contributed by atoms with Crippen LogP contribution in [0.3, 0.4) is 0 Å². The van der Waals surface area contributed by atoms with Gasteiger partial charge in [0.25, 0.3) is 5.78 Å². The van der Waals surface area contributed by atoms with Crippen molar-refractivity contribution in [1.82, 2.24) is 24.6 Å². The highest BCUT2D eigenvalue weighted by Crippen LogP contribution is 2.38. The Kier molecular flexibility index (Phi) is 4.59. The number of hydrogen-bond acceptors (Lipinski definition) is 6. The van der Waals surface area contributed by atoms with Gasteiger partial charge in [0.2, 0.25) is 0 Å². The van der Waals surface area contributed by atoms with Gasteiger partial charge in [-0.05, 0) is 68.5 Å². The van der Waals surface area contributed by atoms with Crippen LogP contribution in [-0.4, -0.2) is 31.1 Å². The normalized spacial score (nSPS) is 13.2. The van der Waals surface area contributed by atoms with Crippen molar-refractivity contribution >= 4 is 39.5 Å². The first-order valence-corrected chi connectivity index (χ1v) is 11.6. The topological polar surface area (TPSA) is 59.2 Å². The van der Waals surface area contributed by atoms with Crippen molar-refractivity contribution in [3.63, 3.8) is 0 Å². The predicted molar refractivity (Wildman–Crippen MR) is 128 cm³/mol. The summed E-state index contributed by atoms with van der Waals surface area (Å²) in [6, 6.07) is 10.9. The molecular weight excluding hydrogens is 435 g/mol. The van der Waals surface area contributed by atoms with Crippen LogP contribution < -0.4 is 4.90 Å². The average Bonchev–Trinajstić information content (AvgIpc) is 3.41. The molecule has 3 aromatic heterocycles. The van der Waals surface area contributed by atoms with Gasteiger partial charge in [-0.3, -0.25) is 4.40 Å². The Morgan fingerprint density at radius 2 is 1.97 bits per heavy atom.